The molecule has 1 aliphatic rings. The van der Waals surface area contributed by atoms with Gasteiger partial charge in [0.25, 0.3) is 5.56 Å². The van der Waals surface area contributed by atoms with Crippen LogP contribution in [-0.2, 0) is 18.8 Å². The minimum atomic E-state index is -0.148. The molecule has 0 unspecified atom stereocenters. The molecule has 0 bridgehead atoms. The summed E-state index contributed by atoms with van der Waals surface area (Å²) in [5.74, 6) is 1.54. The molecule has 8 nitrogen and oxygen atoms in total. The van der Waals surface area contributed by atoms with Gasteiger partial charge in [0.15, 0.2) is 5.16 Å². The van der Waals surface area contributed by atoms with Crippen LogP contribution in [0.15, 0.2) is 46.3 Å². The summed E-state index contributed by atoms with van der Waals surface area (Å²) in [5, 5.41) is 14.9. The van der Waals surface area contributed by atoms with Gasteiger partial charge >= 0.3 is 0 Å². The van der Waals surface area contributed by atoms with Gasteiger partial charge in [-0.05, 0) is 38.4 Å². The van der Waals surface area contributed by atoms with Crippen molar-refractivity contribution in [2.75, 3.05) is 13.1 Å². The predicted molar refractivity (Wildman–Crippen MR) is 122 cm³/mol. The van der Waals surface area contributed by atoms with Crippen LogP contribution >= 0.6 is 23.1 Å². The van der Waals surface area contributed by atoms with Gasteiger partial charge in [-0.2, -0.15) is 9.61 Å². The lowest BCUT2D eigenvalue weighted by Gasteiger charge is -2.16. The zero-order valence-electron chi connectivity index (χ0n) is 17.3. The molecular weight excluding hydrogens is 430 g/mol. The summed E-state index contributed by atoms with van der Waals surface area (Å²) < 4.78 is 3.56. The van der Waals surface area contributed by atoms with Gasteiger partial charge in [0.1, 0.15) is 10.8 Å². The van der Waals surface area contributed by atoms with Gasteiger partial charge in [-0.3, -0.25) is 9.69 Å². The molecule has 1 saturated heterocycles. The Morgan fingerprint density at radius 1 is 1.10 bits per heavy atom. The number of thioether (sulfide) groups is 1. The molecule has 10 heteroatoms. The maximum atomic E-state index is 12.3. The van der Waals surface area contributed by atoms with E-state index in [1.54, 1.807) is 17.8 Å². The molecule has 4 heterocycles. The van der Waals surface area contributed by atoms with Crippen molar-refractivity contribution in [2.45, 2.75) is 43.8 Å². The largest absolute Gasteiger partial charge is 0.300 e. The molecule has 5 rings (SSSR count). The smallest absolute Gasteiger partial charge is 0.275 e. The fourth-order valence-electron chi connectivity index (χ4n) is 3.77. The van der Waals surface area contributed by atoms with Crippen LogP contribution < -0.4 is 5.56 Å². The number of hydrogen-bond donors (Lipinski definition) is 0. The lowest BCUT2D eigenvalue weighted by molar-refractivity contribution is 0.316. The first-order valence-corrected chi connectivity index (χ1v) is 12.1. The summed E-state index contributed by atoms with van der Waals surface area (Å²) in [7, 11) is 0. The van der Waals surface area contributed by atoms with Crippen molar-refractivity contribution in [2.24, 2.45) is 0 Å². The monoisotopic (exact) mass is 453 g/mol. The first-order chi connectivity index (χ1) is 15.2. The average Bonchev–Trinajstić information content (AvgIpc) is 3.49. The van der Waals surface area contributed by atoms with Gasteiger partial charge < -0.3 is 4.57 Å². The molecule has 31 heavy (non-hydrogen) atoms. The van der Waals surface area contributed by atoms with E-state index in [0.717, 1.165) is 47.9 Å². The van der Waals surface area contributed by atoms with E-state index in [1.807, 2.05) is 13.0 Å². The van der Waals surface area contributed by atoms with Crippen LogP contribution in [0.5, 0.6) is 0 Å². The second kappa shape index (κ2) is 8.89. The number of rotatable bonds is 7. The van der Waals surface area contributed by atoms with Crippen LogP contribution in [-0.4, -0.2) is 47.4 Å². The van der Waals surface area contributed by atoms with Crippen LogP contribution in [0, 0.1) is 6.92 Å². The Balaban J connectivity index is 1.40. The Hall–Kier alpha value is -2.56. The van der Waals surface area contributed by atoms with Crippen LogP contribution in [0.3, 0.4) is 0 Å². The van der Waals surface area contributed by atoms with E-state index >= 15 is 0 Å². The second-order valence-electron chi connectivity index (χ2n) is 7.64. The van der Waals surface area contributed by atoms with Crippen molar-refractivity contribution in [3.63, 3.8) is 0 Å². The predicted octanol–water partition coefficient (Wildman–Crippen LogP) is 2.99. The van der Waals surface area contributed by atoms with Crippen LogP contribution in [0.2, 0.25) is 0 Å². The standard InChI is InChI=1S/C21H23N7OS2/c1-15-25-28-19(29)11-17(22-20(28)31-15)14-30-21-24-23-18(13-26-9-5-6-10-26)27(21)12-16-7-3-2-4-8-16/h2-4,7-8,11H,5-6,9-10,12-14H2,1H3. The van der Waals surface area contributed by atoms with Crippen molar-refractivity contribution < 1.29 is 0 Å². The number of hydrogen-bond acceptors (Lipinski definition) is 8. The van der Waals surface area contributed by atoms with Gasteiger partial charge in [0.05, 0.1) is 18.8 Å². The fourth-order valence-corrected chi connectivity index (χ4v) is 5.39. The van der Waals surface area contributed by atoms with E-state index in [9.17, 15) is 4.79 Å². The topological polar surface area (TPSA) is 81.2 Å². The Labute approximate surface area is 188 Å². The molecule has 0 atom stereocenters. The van der Waals surface area contributed by atoms with E-state index in [-0.39, 0.29) is 5.56 Å². The van der Waals surface area contributed by atoms with Crippen molar-refractivity contribution in [3.8, 4) is 0 Å². The third kappa shape index (κ3) is 4.56. The van der Waals surface area contributed by atoms with Gasteiger partial charge in [-0.15, -0.1) is 10.2 Å². The zero-order chi connectivity index (χ0) is 21.2. The molecule has 4 aromatic rings. The molecule has 0 spiro atoms. The summed E-state index contributed by atoms with van der Waals surface area (Å²) in [5.41, 5.74) is 1.80. The molecule has 0 saturated carbocycles. The maximum absolute atomic E-state index is 12.3. The Kier molecular flexibility index (Phi) is 5.84. The summed E-state index contributed by atoms with van der Waals surface area (Å²) in [6, 6.07) is 11.9. The van der Waals surface area contributed by atoms with E-state index < -0.39 is 0 Å². The highest BCUT2D eigenvalue weighted by atomic mass is 32.2. The van der Waals surface area contributed by atoms with Gasteiger partial charge in [-0.25, -0.2) is 4.98 Å². The maximum Gasteiger partial charge on any atom is 0.275 e. The SMILES string of the molecule is Cc1nn2c(=O)cc(CSc3nnc(CN4CCCC4)n3Cc3ccccc3)nc2s1. The van der Waals surface area contributed by atoms with Crippen molar-refractivity contribution >= 4 is 28.1 Å². The van der Waals surface area contributed by atoms with Crippen molar-refractivity contribution in [3.05, 3.63) is 68.8 Å². The number of nitrogens with zero attached hydrogens (tertiary/aromatic N) is 7. The van der Waals surface area contributed by atoms with Crippen molar-refractivity contribution in [1.82, 2.24) is 34.3 Å². The quantitative estimate of drug-likeness (QED) is 0.398. The molecule has 0 amide bonds. The molecule has 0 aliphatic carbocycles. The van der Waals surface area contributed by atoms with Gasteiger partial charge in [-0.1, -0.05) is 53.4 Å². The lowest BCUT2D eigenvalue weighted by atomic mass is 10.2. The molecular formula is C21H23N7OS2. The van der Waals surface area contributed by atoms with E-state index in [2.05, 4.69) is 54.0 Å². The van der Waals surface area contributed by atoms with Gasteiger partial charge in [0.2, 0.25) is 4.96 Å². The van der Waals surface area contributed by atoms with E-state index in [0.29, 0.717) is 10.7 Å². The zero-order valence-corrected chi connectivity index (χ0v) is 18.9. The first-order valence-electron chi connectivity index (χ1n) is 10.3. The minimum Gasteiger partial charge on any atom is -0.300 e. The molecule has 1 aliphatic heterocycles. The molecule has 0 radical (unpaired) electrons. The molecule has 0 N–H and O–H groups in total. The van der Waals surface area contributed by atoms with Gasteiger partial charge in [0, 0.05) is 11.8 Å². The highest BCUT2D eigenvalue weighted by Crippen LogP contribution is 2.24. The van der Waals surface area contributed by atoms with Crippen LogP contribution in [0.25, 0.3) is 4.96 Å². The summed E-state index contributed by atoms with van der Waals surface area (Å²) in [6.45, 7) is 5.64. The number of likely N-dealkylation sites (tertiary alicyclic amines) is 1. The molecule has 3 aromatic heterocycles. The van der Waals surface area contributed by atoms with E-state index in [4.69, 9.17) is 0 Å². The van der Waals surface area contributed by atoms with Crippen molar-refractivity contribution in [1.29, 1.82) is 0 Å². The number of aryl methyl sites for hydroxylation is 1. The fraction of sp³-hybridized carbons (Fsp3) is 0.381. The number of aromatic nitrogens is 6. The first kappa shape index (κ1) is 20.3. The highest BCUT2D eigenvalue weighted by molar-refractivity contribution is 7.98. The summed E-state index contributed by atoms with van der Waals surface area (Å²) in [6.07, 6.45) is 2.49. The third-order valence-corrected chi connectivity index (χ3v) is 7.11. The highest BCUT2D eigenvalue weighted by Gasteiger charge is 2.19. The lowest BCUT2D eigenvalue weighted by Crippen LogP contribution is -2.21. The summed E-state index contributed by atoms with van der Waals surface area (Å²) >= 11 is 2.99. The second-order valence-corrected chi connectivity index (χ2v) is 9.75. The normalized spacial score (nSPS) is 14.6. The van der Waals surface area contributed by atoms with Crippen LogP contribution in [0.4, 0.5) is 0 Å². The number of benzene rings is 1. The van der Waals surface area contributed by atoms with E-state index in [1.165, 1.54) is 34.3 Å². The Morgan fingerprint density at radius 3 is 2.71 bits per heavy atom. The molecule has 1 fully saturated rings. The Bertz CT molecular complexity index is 1240. The third-order valence-electron chi connectivity index (χ3n) is 5.29. The average molecular weight is 454 g/mol. The Morgan fingerprint density at radius 2 is 1.90 bits per heavy atom. The van der Waals surface area contributed by atoms with Crippen LogP contribution in [0.1, 0.15) is 34.9 Å². The molecule has 160 valence electrons. The minimum absolute atomic E-state index is 0.148. The summed E-state index contributed by atoms with van der Waals surface area (Å²) in [4.78, 5) is 20.0. The number of fused-ring (bicyclic) bond motifs is 1. The molecule has 1 aromatic carbocycles.